The third-order valence-corrected chi connectivity index (χ3v) is 3.34. The van der Waals surface area contributed by atoms with Crippen molar-refractivity contribution in [3.63, 3.8) is 0 Å². The van der Waals surface area contributed by atoms with Gasteiger partial charge in [-0.15, -0.1) is 0 Å². The van der Waals surface area contributed by atoms with Gasteiger partial charge in [-0.2, -0.15) is 4.98 Å². The number of nitrogens with zero attached hydrogens (tertiary/aromatic N) is 2. The fraction of sp³-hybridized carbons (Fsp3) is 0.467. The van der Waals surface area contributed by atoms with Gasteiger partial charge in [-0.25, -0.2) is 0 Å². The van der Waals surface area contributed by atoms with E-state index in [4.69, 9.17) is 4.52 Å². The molecule has 1 N–H and O–H groups in total. The molecule has 1 heterocycles. The monoisotopic (exact) mass is 259 g/mol. The van der Waals surface area contributed by atoms with E-state index in [0.717, 1.165) is 25.8 Å². The molecule has 1 unspecified atom stereocenters. The van der Waals surface area contributed by atoms with Crippen LogP contribution in [-0.2, 0) is 12.8 Å². The van der Waals surface area contributed by atoms with Crippen LogP contribution >= 0.6 is 0 Å². The smallest absolute Gasteiger partial charge is 0.227 e. The van der Waals surface area contributed by atoms with Gasteiger partial charge in [-0.3, -0.25) is 0 Å². The van der Waals surface area contributed by atoms with Gasteiger partial charge in [0.2, 0.25) is 5.89 Å². The molecule has 4 heteroatoms. The molecule has 0 radical (unpaired) electrons. The van der Waals surface area contributed by atoms with Crippen molar-refractivity contribution in [2.75, 3.05) is 6.54 Å². The summed E-state index contributed by atoms with van der Waals surface area (Å²) in [4.78, 5) is 4.02. The third kappa shape index (κ3) is 3.89. The summed E-state index contributed by atoms with van der Waals surface area (Å²) in [5.74, 6) is 0.684. The molecule has 0 aliphatic rings. The molecule has 0 aliphatic heterocycles. The van der Waals surface area contributed by atoms with Gasteiger partial charge in [0.25, 0.3) is 0 Å². The lowest BCUT2D eigenvalue weighted by molar-refractivity contribution is 0.371. The first kappa shape index (κ1) is 13.7. The minimum absolute atomic E-state index is 0.383. The van der Waals surface area contributed by atoms with Crippen molar-refractivity contribution in [2.45, 2.75) is 39.2 Å². The Bertz CT molecular complexity index is 465. The molecule has 102 valence electrons. The van der Waals surface area contributed by atoms with Crippen LogP contribution < -0.4 is 5.32 Å². The molecular weight excluding hydrogens is 238 g/mol. The van der Waals surface area contributed by atoms with Gasteiger partial charge in [0.1, 0.15) is 0 Å². The van der Waals surface area contributed by atoms with Crippen LogP contribution in [0, 0.1) is 0 Å². The molecule has 2 rings (SSSR count). The van der Waals surface area contributed by atoms with Crippen LogP contribution in [0.15, 0.2) is 35.1 Å². The Labute approximate surface area is 114 Å². The van der Waals surface area contributed by atoms with Crippen LogP contribution in [0.4, 0.5) is 0 Å². The minimum Gasteiger partial charge on any atom is -0.340 e. The van der Waals surface area contributed by atoms with Crippen molar-refractivity contribution in [3.05, 3.63) is 47.6 Å². The van der Waals surface area contributed by atoms with E-state index in [0.29, 0.717) is 11.9 Å². The second-order valence-electron chi connectivity index (χ2n) is 4.60. The lowest BCUT2D eigenvalue weighted by Gasteiger charge is -2.17. The minimum atomic E-state index is 0.383. The largest absolute Gasteiger partial charge is 0.340 e. The maximum absolute atomic E-state index is 4.98. The highest BCUT2D eigenvalue weighted by molar-refractivity contribution is 5.25. The summed E-state index contributed by atoms with van der Waals surface area (Å²) in [6.07, 6.45) is 4.36. The van der Waals surface area contributed by atoms with Gasteiger partial charge < -0.3 is 9.84 Å². The van der Waals surface area contributed by atoms with Crippen LogP contribution in [0.1, 0.15) is 43.3 Å². The number of hydrogen-bond acceptors (Lipinski definition) is 4. The Morgan fingerprint density at radius 1 is 1.21 bits per heavy atom. The van der Waals surface area contributed by atoms with Crippen LogP contribution in [0.5, 0.6) is 0 Å². The number of hydrogen-bond donors (Lipinski definition) is 1. The van der Waals surface area contributed by atoms with Gasteiger partial charge in [0, 0.05) is 19.0 Å². The summed E-state index contributed by atoms with van der Waals surface area (Å²) < 4.78 is 4.98. The van der Waals surface area contributed by atoms with Crippen molar-refractivity contribution in [3.8, 4) is 0 Å². The molecule has 1 aromatic heterocycles. The molecule has 0 spiro atoms. The number of aromatic nitrogens is 2. The van der Waals surface area contributed by atoms with Crippen molar-refractivity contribution in [1.82, 2.24) is 15.5 Å². The molecule has 1 atom stereocenters. The fourth-order valence-corrected chi connectivity index (χ4v) is 2.14. The Morgan fingerprint density at radius 3 is 2.58 bits per heavy atom. The van der Waals surface area contributed by atoms with Gasteiger partial charge in [0.05, 0.1) is 0 Å². The van der Waals surface area contributed by atoms with Crippen LogP contribution in [0.25, 0.3) is 0 Å². The van der Waals surface area contributed by atoms with E-state index in [-0.39, 0.29) is 0 Å². The first-order valence-corrected chi connectivity index (χ1v) is 6.91. The maximum Gasteiger partial charge on any atom is 0.227 e. The zero-order valence-electron chi connectivity index (χ0n) is 11.6. The van der Waals surface area contributed by atoms with E-state index in [1.165, 1.54) is 17.5 Å². The van der Waals surface area contributed by atoms with E-state index >= 15 is 0 Å². The molecular formula is C15H21N3O. The van der Waals surface area contributed by atoms with E-state index < -0.39 is 0 Å². The zero-order valence-corrected chi connectivity index (χ0v) is 11.6. The highest BCUT2D eigenvalue weighted by Gasteiger charge is 2.09. The predicted octanol–water partition coefficient (Wildman–Crippen LogP) is 2.92. The summed E-state index contributed by atoms with van der Waals surface area (Å²) in [5, 5.41) is 7.14. The Hall–Kier alpha value is -1.68. The second kappa shape index (κ2) is 7.04. The summed E-state index contributed by atoms with van der Waals surface area (Å²) in [7, 11) is 0. The standard InChI is InChI=1S/C15H21N3O/c1-3-12-5-7-13(8-6-12)14(4-2)16-10-9-15-17-11-18-19-15/h5-8,11,14,16H,3-4,9-10H2,1-2H3. The quantitative estimate of drug-likeness (QED) is 0.830. The number of benzene rings is 1. The van der Waals surface area contributed by atoms with Crippen LogP contribution in [0.3, 0.4) is 0 Å². The van der Waals surface area contributed by atoms with E-state index in [1.54, 1.807) is 0 Å². The first-order valence-electron chi connectivity index (χ1n) is 6.91. The fourth-order valence-electron chi connectivity index (χ4n) is 2.14. The Balaban J connectivity index is 1.88. The Morgan fingerprint density at radius 2 is 2.00 bits per heavy atom. The second-order valence-corrected chi connectivity index (χ2v) is 4.60. The van der Waals surface area contributed by atoms with Crippen molar-refractivity contribution in [2.24, 2.45) is 0 Å². The van der Waals surface area contributed by atoms with E-state index in [2.05, 4.69) is 53.6 Å². The first-order chi connectivity index (χ1) is 9.33. The highest BCUT2D eigenvalue weighted by atomic mass is 16.5. The molecule has 0 fully saturated rings. The summed E-state index contributed by atoms with van der Waals surface area (Å²) in [6, 6.07) is 9.23. The third-order valence-electron chi connectivity index (χ3n) is 3.34. The summed E-state index contributed by atoms with van der Waals surface area (Å²) >= 11 is 0. The normalized spacial score (nSPS) is 12.5. The molecule has 19 heavy (non-hydrogen) atoms. The number of rotatable bonds is 7. The molecule has 1 aromatic carbocycles. The molecule has 4 nitrogen and oxygen atoms in total. The Kier molecular flexibility index (Phi) is 5.10. The lowest BCUT2D eigenvalue weighted by atomic mass is 10.0. The summed E-state index contributed by atoms with van der Waals surface area (Å²) in [5.41, 5.74) is 2.72. The molecule has 0 saturated carbocycles. The molecule has 2 aromatic rings. The van der Waals surface area contributed by atoms with Gasteiger partial charge in [-0.05, 0) is 24.0 Å². The highest BCUT2D eigenvalue weighted by Crippen LogP contribution is 2.17. The molecule has 0 aliphatic carbocycles. The maximum atomic E-state index is 4.98. The molecule has 0 saturated heterocycles. The predicted molar refractivity (Wildman–Crippen MR) is 74.9 cm³/mol. The van der Waals surface area contributed by atoms with Crippen molar-refractivity contribution >= 4 is 0 Å². The molecule has 0 amide bonds. The topological polar surface area (TPSA) is 51.0 Å². The summed E-state index contributed by atoms with van der Waals surface area (Å²) in [6.45, 7) is 5.21. The number of aryl methyl sites for hydroxylation is 1. The van der Waals surface area contributed by atoms with E-state index in [1.807, 2.05) is 0 Å². The van der Waals surface area contributed by atoms with Crippen LogP contribution in [-0.4, -0.2) is 16.7 Å². The average Bonchev–Trinajstić information content (AvgIpc) is 2.97. The van der Waals surface area contributed by atoms with Crippen molar-refractivity contribution in [1.29, 1.82) is 0 Å². The molecule has 0 bridgehead atoms. The lowest BCUT2D eigenvalue weighted by Crippen LogP contribution is -2.23. The van der Waals surface area contributed by atoms with Gasteiger partial charge >= 0.3 is 0 Å². The van der Waals surface area contributed by atoms with E-state index in [9.17, 15) is 0 Å². The van der Waals surface area contributed by atoms with Crippen LogP contribution in [0.2, 0.25) is 0 Å². The number of nitrogens with one attached hydrogen (secondary N) is 1. The zero-order chi connectivity index (χ0) is 13.5. The van der Waals surface area contributed by atoms with Crippen molar-refractivity contribution < 1.29 is 4.52 Å². The SMILES string of the molecule is CCc1ccc(C(CC)NCCc2ncno2)cc1. The van der Waals surface area contributed by atoms with Gasteiger partial charge in [-0.1, -0.05) is 43.3 Å². The van der Waals surface area contributed by atoms with Gasteiger partial charge in [0.15, 0.2) is 6.33 Å². The average molecular weight is 259 g/mol.